The van der Waals surface area contributed by atoms with Crippen molar-refractivity contribution < 1.29 is 4.74 Å². The van der Waals surface area contributed by atoms with Gasteiger partial charge in [-0.05, 0) is 37.6 Å². The van der Waals surface area contributed by atoms with E-state index in [1.54, 1.807) is 7.11 Å². The highest BCUT2D eigenvalue weighted by Crippen LogP contribution is 2.12. The van der Waals surface area contributed by atoms with Gasteiger partial charge in [0, 0.05) is 19.3 Å². The fourth-order valence-corrected chi connectivity index (χ4v) is 1.90. The van der Waals surface area contributed by atoms with Crippen molar-refractivity contribution in [3.05, 3.63) is 29.8 Å². The maximum Gasteiger partial charge on any atom is 0.0589 e. The summed E-state index contributed by atoms with van der Waals surface area (Å²) < 4.78 is 5.10. The average Bonchev–Trinajstić information content (AvgIpc) is 2.35. The number of anilines is 1. The van der Waals surface area contributed by atoms with Gasteiger partial charge in [-0.25, -0.2) is 0 Å². The molecule has 0 bridgehead atoms. The third-order valence-corrected chi connectivity index (χ3v) is 3.03. The molecule has 17 heavy (non-hydrogen) atoms. The lowest BCUT2D eigenvalue weighted by atomic mass is 10.1. The van der Waals surface area contributed by atoms with Crippen molar-refractivity contribution in [2.45, 2.75) is 19.8 Å². The second-order valence-electron chi connectivity index (χ2n) is 4.23. The van der Waals surface area contributed by atoms with E-state index in [1.807, 2.05) is 18.2 Å². The number of benzene rings is 1. The third-order valence-electron chi connectivity index (χ3n) is 3.03. The number of para-hydroxylation sites is 1. The first kappa shape index (κ1) is 14.0. The Morgan fingerprint density at radius 3 is 2.65 bits per heavy atom. The van der Waals surface area contributed by atoms with Crippen LogP contribution in [0.5, 0.6) is 0 Å². The van der Waals surface area contributed by atoms with Gasteiger partial charge in [-0.1, -0.05) is 25.1 Å². The van der Waals surface area contributed by atoms with E-state index in [-0.39, 0.29) is 0 Å². The average molecular weight is 236 g/mol. The molecule has 0 amide bonds. The summed E-state index contributed by atoms with van der Waals surface area (Å²) in [5, 5.41) is 0. The van der Waals surface area contributed by atoms with Gasteiger partial charge in [-0.3, -0.25) is 0 Å². The Morgan fingerprint density at radius 1 is 1.24 bits per heavy atom. The highest BCUT2D eigenvalue weighted by molar-refractivity contribution is 5.46. The van der Waals surface area contributed by atoms with Gasteiger partial charge in [-0.2, -0.15) is 0 Å². The highest BCUT2D eigenvalue weighted by atomic mass is 16.5. The topological polar surface area (TPSA) is 38.5 Å². The number of likely N-dealkylation sites (N-methyl/N-ethyl adjacent to an activating group) is 1. The fraction of sp³-hybridized carbons (Fsp3) is 0.571. The molecule has 0 atom stereocenters. The minimum atomic E-state index is 0.807. The van der Waals surface area contributed by atoms with Crippen LogP contribution in [0.15, 0.2) is 24.3 Å². The summed E-state index contributed by atoms with van der Waals surface area (Å²) in [7, 11) is 1.75. The molecule has 96 valence electrons. The summed E-state index contributed by atoms with van der Waals surface area (Å²) in [6, 6.07) is 8.11. The smallest absolute Gasteiger partial charge is 0.0589 e. The maximum absolute atomic E-state index is 5.92. The van der Waals surface area contributed by atoms with E-state index >= 15 is 0 Å². The Morgan fingerprint density at radius 2 is 2.00 bits per heavy atom. The van der Waals surface area contributed by atoms with Crippen molar-refractivity contribution in [3.8, 4) is 0 Å². The maximum atomic E-state index is 5.92. The quantitative estimate of drug-likeness (QED) is 0.703. The lowest BCUT2D eigenvalue weighted by Crippen LogP contribution is -2.28. The first-order chi connectivity index (χ1) is 8.27. The van der Waals surface area contributed by atoms with E-state index in [9.17, 15) is 0 Å². The van der Waals surface area contributed by atoms with Crippen LogP contribution in [0.2, 0.25) is 0 Å². The summed E-state index contributed by atoms with van der Waals surface area (Å²) in [5.74, 6) is 0. The van der Waals surface area contributed by atoms with Gasteiger partial charge in [0.2, 0.25) is 0 Å². The number of ether oxygens (including phenoxy) is 1. The number of nitrogens with zero attached hydrogens (tertiary/aromatic N) is 1. The molecule has 0 spiro atoms. The summed E-state index contributed by atoms with van der Waals surface area (Å²) in [6.45, 7) is 6.19. The highest BCUT2D eigenvalue weighted by Gasteiger charge is 2.03. The van der Waals surface area contributed by atoms with Crippen molar-refractivity contribution >= 4 is 5.69 Å². The molecule has 2 N–H and O–H groups in total. The monoisotopic (exact) mass is 236 g/mol. The van der Waals surface area contributed by atoms with E-state index in [2.05, 4.69) is 17.9 Å². The zero-order valence-electron chi connectivity index (χ0n) is 11.0. The zero-order valence-corrected chi connectivity index (χ0v) is 11.0. The summed E-state index contributed by atoms with van der Waals surface area (Å²) in [4.78, 5) is 2.41. The molecule has 1 aromatic carbocycles. The Bertz CT molecular complexity index is 315. The molecule has 3 nitrogen and oxygen atoms in total. The molecule has 0 saturated heterocycles. The molecule has 0 aliphatic rings. The van der Waals surface area contributed by atoms with Crippen LogP contribution >= 0.6 is 0 Å². The van der Waals surface area contributed by atoms with Crippen LogP contribution in [0.3, 0.4) is 0 Å². The molecule has 0 unspecified atom stereocenters. The zero-order chi connectivity index (χ0) is 12.5. The number of hydrogen-bond acceptors (Lipinski definition) is 3. The van der Waals surface area contributed by atoms with Crippen LogP contribution in [0.25, 0.3) is 0 Å². The van der Waals surface area contributed by atoms with Crippen LogP contribution < -0.4 is 5.73 Å². The van der Waals surface area contributed by atoms with E-state index < -0.39 is 0 Å². The van der Waals surface area contributed by atoms with Gasteiger partial charge >= 0.3 is 0 Å². The Kier molecular flexibility index (Phi) is 6.67. The second kappa shape index (κ2) is 8.09. The Balaban J connectivity index is 2.28. The number of rotatable bonds is 8. The first-order valence-corrected chi connectivity index (χ1v) is 6.32. The molecule has 0 saturated carbocycles. The number of hydrogen-bond donors (Lipinski definition) is 1. The van der Waals surface area contributed by atoms with Crippen molar-refractivity contribution in [2.75, 3.05) is 39.1 Å². The number of nitrogen functional groups attached to an aromatic ring is 1. The molecule has 0 radical (unpaired) electrons. The number of methoxy groups -OCH3 is 1. The van der Waals surface area contributed by atoms with Crippen molar-refractivity contribution in [1.29, 1.82) is 0 Å². The first-order valence-electron chi connectivity index (χ1n) is 6.32. The molecule has 0 aromatic heterocycles. The Hall–Kier alpha value is -1.06. The largest absolute Gasteiger partial charge is 0.399 e. The summed E-state index contributed by atoms with van der Waals surface area (Å²) >= 11 is 0. The van der Waals surface area contributed by atoms with Crippen molar-refractivity contribution in [1.82, 2.24) is 4.90 Å². The molecule has 1 rings (SSSR count). The molecule has 3 heteroatoms. The van der Waals surface area contributed by atoms with E-state index in [0.717, 1.165) is 44.8 Å². The predicted molar refractivity (Wildman–Crippen MR) is 73.2 cm³/mol. The van der Waals surface area contributed by atoms with Crippen LogP contribution in [-0.2, 0) is 11.2 Å². The minimum absolute atomic E-state index is 0.807. The third kappa shape index (κ3) is 5.20. The summed E-state index contributed by atoms with van der Waals surface area (Å²) in [5.41, 5.74) is 8.09. The molecule has 0 aliphatic heterocycles. The van der Waals surface area contributed by atoms with Gasteiger partial charge in [0.25, 0.3) is 0 Å². The van der Waals surface area contributed by atoms with Gasteiger partial charge in [0.1, 0.15) is 0 Å². The van der Waals surface area contributed by atoms with Crippen LogP contribution in [0.1, 0.15) is 18.9 Å². The normalized spacial score (nSPS) is 11.0. The van der Waals surface area contributed by atoms with Gasteiger partial charge in [0.15, 0.2) is 0 Å². The minimum Gasteiger partial charge on any atom is -0.399 e. The van der Waals surface area contributed by atoms with Crippen LogP contribution in [0.4, 0.5) is 5.69 Å². The Labute approximate surface area is 105 Å². The molecule has 0 heterocycles. The number of aryl methyl sites for hydroxylation is 1. The van der Waals surface area contributed by atoms with Crippen molar-refractivity contribution in [2.24, 2.45) is 0 Å². The molecular formula is C14H24N2O. The number of nitrogens with two attached hydrogens (primary N) is 1. The van der Waals surface area contributed by atoms with Gasteiger partial charge < -0.3 is 15.4 Å². The SMILES string of the molecule is CCN(CCCc1ccccc1N)CCOC. The van der Waals surface area contributed by atoms with Crippen LogP contribution in [0, 0.1) is 0 Å². The predicted octanol–water partition coefficient (Wildman–Crippen LogP) is 2.17. The fourth-order valence-electron chi connectivity index (χ4n) is 1.90. The molecule has 0 fully saturated rings. The summed E-state index contributed by atoms with van der Waals surface area (Å²) in [6.07, 6.45) is 2.20. The lowest BCUT2D eigenvalue weighted by molar-refractivity contribution is 0.150. The van der Waals surface area contributed by atoms with E-state index in [4.69, 9.17) is 10.5 Å². The van der Waals surface area contributed by atoms with Crippen molar-refractivity contribution in [3.63, 3.8) is 0 Å². The van der Waals surface area contributed by atoms with E-state index in [0.29, 0.717) is 0 Å². The van der Waals surface area contributed by atoms with Crippen LogP contribution in [-0.4, -0.2) is 38.3 Å². The lowest BCUT2D eigenvalue weighted by Gasteiger charge is -2.19. The second-order valence-corrected chi connectivity index (χ2v) is 4.23. The van der Waals surface area contributed by atoms with Gasteiger partial charge in [0.05, 0.1) is 6.61 Å². The van der Waals surface area contributed by atoms with E-state index in [1.165, 1.54) is 5.56 Å². The molecular weight excluding hydrogens is 212 g/mol. The standard InChI is InChI=1S/C14H24N2O/c1-3-16(11-12-17-2)10-6-8-13-7-4-5-9-14(13)15/h4-5,7,9H,3,6,8,10-12,15H2,1-2H3. The molecule has 0 aliphatic carbocycles. The molecule has 1 aromatic rings. The van der Waals surface area contributed by atoms with Gasteiger partial charge in [-0.15, -0.1) is 0 Å².